The van der Waals surface area contributed by atoms with Gasteiger partial charge in [-0.1, -0.05) is 6.92 Å². The Labute approximate surface area is 124 Å². The molecule has 0 bridgehead atoms. The zero-order valence-electron chi connectivity index (χ0n) is 11.8. The second-order valence-corrected chi connectivity index (χ2v) is 6.11. The molecule has 0 saturated carbocycles. The third-order valence-corrected chi connectivity index (χ3v) is 3.75. The summed E-state index contributed by atoms with van der Waals surface area (Å²) in [5.74, 6) is 1.84. The molecule has 2 rings (SSSR count). The van der Waals surface area contributed by atoms with Crippen LogP contribution in [0, 0.1) is 0 Å². The van der Waals surface area contributed by atoms with Crippen molar-refractivity contribution in [2.24, 2.45) is 0 Å². The molecule has 0 radical (unpaired) electrons. The summed E-state index contributed by atoms with van der Waals surface area (Å²) in [6.45, 7) is 7.92. The van der Waals surface area contributed by atoms with Gasteiger partial charge in [-0.05, 0) is 55.2 Å². The Morgan fingerprint density at radius 1 is 1.37 bits per heavy atom. The number of hydrogen-bond donors (Lipinski definition) is 1. The Balaban J connectivity index is 1.93. The van der Waals surface area contributed by atoms with Crippen LogP contribution in [-0.2, 0) is 6.42 Å². The lowest BCUT2D eigenvalue weighted by Crippen LogP contribution is -2.33. The van der Waals surface area contributed by atoms with Gasteiger partial charge in [-0.25, -0.2) is 9.97 Å². The van der Waals surface area contributed by atoms with Gasteiger partial charge in [0.25, 0.3) is 0 Å². The molecule has 0 aromatic carbocycles. The average molecular weight is 327 g/mol. The van der Waals surface area contributed by atoms with Crippen molar-refractivity contribution in [3.8, 4) is 0 Å². The van der Waals surface area contributed by atoms with E-state index in [1.165, 1.54) is 25.9 Å². The molecule has 0 aliphatic carbocycles. The maximum atomic E-state index is 4.57. The van der Waals surface area contributed by atoms with Gasteiger partial charge in [-0.3, -0.25) is 0 Å². The lowest BCUT2D eigenvalue weighted by molar-refractivity contribution is 0.327. The predicted molar refractivity (Wildman–Crippen MR) is 82.5 cm³/mol. The van der Waals surface area contributed by atoms with Crippen LogP contribution in [0.1, 0.15) is 38.9 Å². The third kappa shape index (κ3) is 4.73. The molecule has 0 spiro atoms. The van der Waals surface area contributed by atoms with Gasteiger partial charge < -0.3 is 10.2 Å². The fourth-order valence-corrected chi connectivity index (χ4v) is 2.95. The van der Waals surface area contributed by atoms with Crippen molar-refractivity contribution in [2.45, 2.75) is 45.6 Å². The van der Waals surface area contributed by atoms with Gasteiger partial charge in [0.15, 0.2) is 0 Å². The number of rotatable bonds is 6. The van der Waals surface area contributed by atoms with Gasteiger partial charge in [0, 0.05) is 25.1 Å². The molecule has 1 N–H and O–H groups in total. The Bertz CT molecular complexity index is 404. The van der Waals surface area contributed by atoms with Crippen molar-refractivity contribution in [3.63, 3.8) is 0 Å². The zero-order valence-corrected chi connectivity index (χ0v) is 13.4. The van der Waals surface area contributed by atoms with E-state index in [4.69, 9.17) is 0 Å². The fraction of sp³-hybridized carbons (Fsp3) is 0.714. The maximum Gasteiger partial charge on any atom is 0.132 e. The quantitative estimate of drug-likeness (QED) is 0.815. The van der Waals surface area contributed by atoms with E-state index >= 15 is 0 Å². The number of hydrogen-bond acceptors (Lipinski definition) is 4. The first kappa shape index (κ1) is 14.7. The van der Waals surface area contributed by atoms with Gasteiger partial charge in [-0.15, -0.1) is 0 Å². The molecule has 1 aliphatic rings. The molecule has 1 saturated heterocycles. The largest absolute Gasteiger partial charge is 0.366 e. The molecule has 1 atom stereocenters. The van der Waals surface area contributed by atoms with Crippen molar-refractivity contribution in [1.29, 1.82) is 0 Å². The van der Waals surface area contributed by atoms with Crippen molar-refractivity contribution in [1.82, 2.24) is 14.9 Å². The second-order valence-electron chi connectivity index (χ2n) is 5.30. The number of anilines is 1. The molecule has 2 heterocycles. The molecular weight excluding hydrogens is 304 g/mol. The van der Waals surface area contributed by atoms with E-state index in [9.17, 15) is 0 Å². The van der Waals surface area contributed by atoms with Crippen LogP contribution in [0.5, 0.6) is 0 Å². The third-order valence-electron chi connectivity index (χ3n) is 3.34. The lowest BCUT2D eigenvalue weighted by atomic mass is 10.3. The highest BCUT2D eigenvalue weighted by atomic mass is 79.9. The van der Waals surface area contributed by atoms with Gasteiger partial charge in [0.1, 0.15) is 16.2 Å². The highest BCUT2D eigenvalue weighted by Crippen LogP contribution is 2.15. The first-order chi connectivity index (χ1) is 9.17. The number of aryl methyl sites for hydroxylation is 1. The fourth-order valence-electron chi connectivity index (χ4n) is 2.52. The van der Waals surface area contributed by atoms with Crippen LogP contribution in [0.25, 0.3) is 0 Å². The molecule has 1 fully saturated rings. The van der Waals surface area contributed by atoms with E-state index in [1.807, 2.05) is 6.07 Å². The predicted octanol–water partition coefficient (Wildman–Crippen LogP) is 3.09. The van der Waals surface area contributed by atoms with Crippen LogP contribution in [0.15, 0.2) is 10.7 Å². The van der Waals surface area contributed by atoms with E-state index in [2.05, 4.69) is 50.0 Å². The topological polar surface area (TPSA) is 41.1 Å². The van der Waals surface area contributed by atoms with Crippen molar-refractivity contribution >= 4 is 21.7 Å². The SMILES string of the molecule is CCCc1nc(Br)cc(NC(C)CN2CCCC2)n1. The minimum absolute atomic E-state index is 0.411. The molecule has 1 aromatic rings. The molecule has 1 aliphatic heterocycles. The molecule has 106 valence electrons. The summed E-state index contributed by atoms with van der Waals surface area (Å²) in [6.07, 6.45) is 4.67. The summed E-state index contributed by atoms with van der Waals surface area (Å²) < 4.78 is 0.863. The number of nitrogens with one attached hydrogen (secondary N) is 1. The Morgan fingerprint density at radius 3 is 2.79 bits per heavy atom. The first-order valence-corrected chi connectivity index (χ1v) is 7.99. The maximum absolute atomic E-state index is 4.57. The van der Waals surface area contributed by atoms with Gasteiger partial charge >= 0.3 is 0 Å². The number of aromatic nitrogens is 2. The molecule has 1 aromatic heterocycles. The molecule has 0 amide bonds. The van der Waals surface area contributed by atoms with E-state index in [0.717, 1.165) is 35.6 Å². The smallest absolute Gasteiger partial charge is 0.132 e. The van der Waals surface area contributed by atoms with E-state index in [0.29, 0.717) is 6.04 Å². The van der Waals surface area contributed by atoms with Crippen molar-refractivity contribution in [3.05, 3.63) is 16.5 Å². The monoisotopic (exact) mass is 326 g/mol. The summed E-state index contributed by atoms with van der Waals surface area (Å²) in [5.41, 5.74) is 0. The Hall–Kier alpha value is -0.680. The van der Waals surface area contributed by atoms with Crippen LogP contribution in [0.3, 0.4) is 0 Å². The van der Waals surface area contributed by atoms with E-state index in [-0.39, 0.29) is 0 Å². The van der Waals surface area contributed by atoms with Crippen molar-refractivity contribution in [2.75, 3.05) is 25.0 Å². The summed E-state index contributed by atoms with van der Waals surface area (Å²) >= 11 is 3.46. The minimum atomic E-state index is 0.411. The lowest BCUT2D eigenvalue weighted by Gasteiger charge is -2.21. The second kappa shape index (κ2) is 7.20. The van der Waals surface area contributed by atoms with Gasteiger partial charge in [-0.2, -0.15) is 0 Å². The Morgan fingerprint density at radius 2 is 2.11 bits per heavy atom. The molecule has 1 unspecified atom stereocenters. The van der Waals surface area contributed by atoms with Crippen LogP contribution < -0.4 is 5.32 Å². The molecule has 4 nitrogen and oxygen atoms in total. The highest BCUT2D eigenvalue weighted by Gasteiger charge is 2.15. The molecule has 5 heteroatoms. The summed E-state index contributed by atoms with van der Waals surface area (Å²) in [4.78, 5) is 11.5. The molecular formula is C14H23BrN4. The Kier molecular flexibility index (Phi) is 5.58. The average Bonchev–Trinajstić information content (AvgIpc) is 2.81. The van der Waals surface area contributed by atoms with Gasteiger partial charge in [0.2, 0.25) is 0 Å². The normalized spacial score (nSPS) is 17.6. The summed E-state index contributed by atoms with van der Waals surface area (Å²) in [6, 6.07) is 2.37. The first-order valence-electron chi connectivity index (χ1n) is 7.19. The van der Waals surface area contributed by atoms with Gasteiger partial charge in [0.05, 0.1) is 0 Å². The number of halogens is 1. The van der Waals surface area contributed by atoms with Crippen LogP contribution in [0.2, 0.25) is 0 Å². The number of likely N-dealkylation sites (tertiary alicyclic amines) is 1. The number of nitrogens with zero attached hydrogens (tertiary/aromatic N) is 3. The highest BCUT2D eigenvalue weighted by molar-refractivity contribution is 9.10. The van der Waals surface area contributed by atoms with Crippen molar-refractivity contribution < 1.29 is 0 Å². The van der Waals surface area contributed by atoms with E-state index < -0.39 is 0 Å². The molecule has 19 heavy (non-hydrogen) atoms. The van der Waals surface area contributed by atoms with E-state index in [1.54, 1.807) is 0 Å². The van der Waals surface area contributed by atoms with Crippen LogP contribution in [-0.4, -0.2) is 40.5 Å². The standard InChI is InChI=1S/C14H23BrN4/c1-3-6-13-17-12(15)9-14(18-13)16-11(2)10-19-7-4-5-8-19/h9,11H,3-8,10H2,1-2H3,(H,16,17,18). The van der Waals surface area contributed by atoms with Crippen LogP contribution in [0.4, 0.5) is 5.82 Å². The minimum Gasteiger partial charge on any atom is -0.366 e. The summed E-state index contributed by atoms with van der Waals surface area (Å²) in [7, 11) is 0. The summed E-state index contributed by atoms with van der Waals surface area (Å²) in [5, 5.41) is 3.49. The van der Waals surface area contributed by atoms with Crippen LogP contribution >= 0.6 is 15.9 Å². The zero-order chi connectivity index (χ0) is 13.7.